The summed E-state index contributed by atoms with van der Waals surface area (Å²) in [5.41, 5.74) is 3.12. The topological polar surface area (TPSA) is 162 Å². The molecule has 1 saturated carbocycles. The van der Waals surface area contributed by atoms with Crippen LogP contribution in [0.4, 0.5) is 10.5 Å². The molecule has 0 spiro atoms. The van der Waals surface area contributed by atoms with Gasteiger partial charge in [-0.2, -0.15) is 0 Å². The van der Waals surface area contributed by atoms with E-state index in [1.165, 1.54) is 17.0 Å². The number of rotatable bonds is 20. The van der Waals surface area contributed by atoms with Crippen LogP contribution in [0.25, 0.3) is 0 Å². The van der Waals surface area contributed by atoms with E-state index in [4.69, 9.17) is 28.9 Å². The van der Waals surface area contributed by atoms with E-state index in [1.54, 1.807) is 43.9 Å². The van der Waals surface area contributed by atoms with Crippen molar-refractivity contribution >= 4 is 29.3 Å². The maximum absolute atomic E-state index is 13.7. The van der Waals surface area contributed by atoms with Crippen molar-refractivity contribution in [2.24, 2.45) is 22.9 Å². The molecule has 6 atom stereocenters. The number of likely N-dealkylation sites (N-methyl/N-ethyl adjacent to an activating group) is 1. The van der Waals surface area contributed by atoms with E-state index in [2.05, 4.69) is 12.7 Å². The van der Waals surface area contributed by atoms with Gasteiger partial charge in [-0.3, -0.25) is 10.1 Å². The van der Waals surface area contributed by atoms with E-state index in [1.807, 2.05) is 48.7 Å². The summed E-state index contributed by atoms with van der Waals surface area (Å²) < 4.78 is 26.1. The highest BCUT2D eigenvalue weighted by Crippen LogP contribution is 2.62. The van der Waals surface area contributed by atoms with Crippen molar-refractivity contribution in [2.75, 3.05) is 39.7 Å². The van der Waals surface area contributed by atoms with Gasteiger partial charge in [-0.1, -0.05) is 30.1 Å². The van der Waals surface area contributed by atoms with Crippen LogP contribution in [-0.2, 0) is 20.9 Å². The number of thioether (sulfide) groups is 1. The summed E-state index contributed by atoms with van der Waals surface area (Å²) >= 11 is 1.66. The van der Waals surface area contributed by atoms with Gasteiger partial charge >= 0.3 is 6.09 Å². The minimum absolute atomic E-state index is 0.0214. The number of oxime groups is 1. The minimum Gasteiger partial charge on any atom is -0.459 e. The van der Waals surface area contributed by atoms with Crippen molar-refractivity contribution in [1.29, 1.82) is 0 Å². The van der Waals surface area contributed by atoms with Crippen molar-refractivity contribution in [3.63, 3.8) is 0 Å². The first-order chi connectivity index (χ1) is 28.7. The van der Waals surface area contributed by atoms with Gasteiger partial charge in [0.15, 0.2) is 0 Å². The molecule has 0 bridgehead atoms. The third-order valence-electron chi connectivity index (χ3n) is 11.5. The molecule has 0 unspecified atom stereocenters. The molecule has 6 rings (SSSR count). The Morgan fingerprint density at radius 1 is 1.05 bits per heavy atom. The first-order valence-electron chi connectivity index (χ1n) is 20.3. The average molecular weight is 830 g/mol. The maximum atomic E-state index is 13.7. The molecule has 1 fully saturated rings. The van der Waals surface area contributed by atoms with Crippen molar-refractivity contribution in [3.8, 4) is 17.2 Å². The molecule has 3 aromatic rings. The lowest BCUT2D eigenvalue weighted by atomic mass is 9.55. The molecule has 59 heavy (non-hydrogen) atoms. The zero-order valence-corrected chi connectivity index (χ0v) is 34.8. The number of benzene rings is 3. The van der Waals surface area contributed by atoms with Crippen LogP contribution in [-0.4, -0.2) is 83.4 Å². The molecule has 2 aliphatic carbocycles. The van der Waals surface area contributed by atoms with Crippen molar-refractivity contribution < 1.29 is 43.7 Å². The number of ether oxygens (including phenoxy) is 4. The second-order valence-corrected chi connectivity index (χ2v) is 15.9. The molecule has 1 heterocycles. The summed E-state index contributed by atoms with van der Waals surface area (Å²) in [4.78, 5) is 33.2. The quantitative estimate of drug-likeness (QED) is 0.0367. The number of unbranched alkanes of at least 4 members (excludes halogenated alkanes) is 2. The summed E-state index contributed by atoms with van der Waals surface area (Å²) in [6.07, 6.45) is 10.1. The zero-order chi connectivity index (χ0) is 41.9. The predicted molar refractivity (Wildman–Crippen MR) is 226 cm³/mol. The predicted octanol–water partition coefficient (Wildman–Crippen LogP) is 9.03. The number of nitrogens with zero attached hydrogens (tertiary/aromatic N) is 3. The smallest absolute Gasteiger partial charge is 0.409 e. The highest BCUT2D eigenvalue weighted by atomic mass is 32.2. The molecule has 0 radical (unpaired) electrons. The van der Waals surface area contributed by atoms with E-state index in [-0.39, 0.29) is 62.9 Å². The number of nitro benzene ring substituents is 1. The Bertz CT molecular complexity index is 1970. The minimum atomic E-state index is -1.42. The third kappa shape index (κ3) is 9.78. The van der Waals surface area contributed by atoms with Gasteiger partial charge in [-0.15, -0.1) is 18.3 Å². The summed E-state index contributed by atoms with van der Waals surface area (Å²) in [7, 11) is 1.68. The molecule has 3 aromatic carbocycles. The lowest BCUT2D eigenvalue weighted by molar-refractivity contribution is -0.384. The summed E-state index contributed by atoms with van der Waals surface area (Å²) in [6, 6.07) is 19.2. The van der Waals surface area contributed by atoms with E-state index in [0.29, 0.717) is 41.4 Å². The zero-order valence-electron chi connectivity index (χ0n) is 34.0. The molecule has 316 valence electrons. The van der Waals surface area contributed by atoms with Crippen molar-refractivity contribution in [1.82, 2.24) is 4.90 Å². The van der Waals surface area contributed by atoms with E-state index in [0.717, 1.165) is 41.7 Å². The molecular weight excluding hydrogens is 775 g/mol. The molecular formula is C45H55N3O10S. The first-order valence-corrected chi connectivity index (χ1v) is 21.6. The fraction of sp³-hybridized carbons (Fsp3) is 0.467. The van der Waals surface area contributed by atoms with Gasteiger partial charge in [-0.25, -0.2) is 4.79 Å². The number of hydrogen-bond acceptors (Lipinski definition) is 12. The van der Waals surface area contributed by atoms with Gasteiger partial charge < -0.3 is 38.9 Å². The normalized spacial score (nSPS) is 23.6. The van der Waals surface area contributed by atoms with Crippen LogP contribution in [0.1, 0.15) is 68.9 Å². The van der Waals surface area contributed by atoms with E-state index >= 15 is 0 Å². The van der Waals surface area contributed by atoms with Gasteiger partial charge in [0.1, 0.15) is 29.9 Å². The average Bonchev–Trinajstić information content (AvgIpc) is 3.24. The number of non-ortho nitro benzene ring substituents is 1. The molecule has 1 aliphatic heterocycles. The van der Waals surface area contributed by atoms with Crippen LogP contribution in [0, 0.1) is 27.9 Å². The second kappa shape index (κ2) is 20.4. The largest absolute Gasteiger partial charge is 0.459 e. The Hall–Kier alpha value is -4.89. The Kier molecular flexibility index (Phi) is 15.1. The Morgan fingerprint density at radius 2 is 1.76 bits per heavy atom. The Balaban J connectivity index is 1.52. The number of nitro groups is 1. The van der Waals surface area contributed by atoms with Crippen molar-refractivity contribution in [2.45, 2.75) is 81.1 Å². The van der Waals surface area contributed by atoms with Crippen molar-refractivity contribution in [3.05, 3.63) is 112 Å². The van der Waals surface area contributed by atoms with Gasteiger partial charge in [-0.05, 0) is 116 Å². The number of aliphatic hydroxyl groups excluding tert-OH is 2. The van der Waals surface area contributed by atoms with Crippen LogP contribution >= 0.6 is 11.8 Å². The van der Waals surface area contributed by atoms with Gasteiger partial charge in [0, 0.05) is 55.2 Å². The number of hydrogen-bond donors (Lipinski definition) is 2. The SMILES string of the molecule is C=CCO[C@@]12Oc3ccc(Oc4ccc(SC)cc4)cc3[C@H]3[C@H](CCCCO)[C@@H](CCCCO)C=C(C(=NOCc4ccc([N+](=O)[O-])cc4)C[C@@H]1N(C)C(=O)OCC)[C@H]32. The number of allylic oxidation sites excluding steroid dienone is 1. The van der Waals surface area contributed by atoms with Gasteiger partial charge in [0.05, 0.1) is 29.8 Å². The number of carbonyl (C=O) groups excluding carboxylic acids is 1. The lowest BCUT2D eigenvalue weighted by Gasteiger charge is -2.59. The van der Waals surface area contributed by atoms with Gasteiger partial charge in [0.2, 0.25) is 5.79 Å². The number of fused-ring (bicyclic) bond motifs is 2. The fourth-order valence-corrected chi connectivity index (χ4v) is 9.23. The van der Waals surface area contributed by atoms with Crippen LogP contribution in [0.2, 0.25) is 0 Å². The lowest BCUT2D eigenvalue weighted by Crippen LogP contribution is -2.69. The second-order valence-electron chi connectivity index (χ2n) is 15.1. The highest BCUT2D eigenvalue weighted by Gasteiger charge is 2.65. The molecule has 0 saturated heterocycles. The number of amides is 1. The summed E-state index contributed by atoms with van der Waals surface area (Å²) in [6.45, 7) is 6.24. The van der Waals surface area contributed by atoms with Crippen LogP contribution in [0.3, 0.4) is 0 Å². The van der Waals surface area contributed by atoms with Crippen LogP contribution in [0.15, 0.2) is 101 Å². The molecule has 3 aliphatic rings. The fourth-order valence-electron chi connectivity index (χ4n) is 8.82. The number of carbonyl (C=O) groups is 1. The summed E-state index contributed by atoms with van der Waals surface area (Å²) in [5.74, 6) is -0.128. The number of aliphatic hydroxyl groups is 2. The maximum Gasteiger partial charge on any atom is 0.409 e. The monoisotopic (exact) mass is 829 g/mol. The Morgan fingerprint density at radius 3 is 2.42 bits per heavy atom. The first kappa shape index (κ1) is 43.7. The molecule has 14 heteroatoms. The molecule has 0 aromatic heterocycles. The van der Waals surface area contributed by atoms with Crippen LogP contribution in [0.5, 0.6) is 17.2 Å². The molecule has 1 amide bonds. The van der Waals surface area contributed by atoms with E-state index < -0.39 is 28.8 Å². The highest BCUT2D eigenvalue weighted by molar-refractivity contribution is 7.98. The van der Waals surface area contributed by atoms with Gasteiger partial charge in [0.25, 0.3) is 5.69 Å². The van der Waals surface area contributed by atoms with E-state index in [9.17, 15) is 25.1 Å². The molecule has 13 nitrogen and oxygen atoms in total. The summed E-state index contributed by atoms with van der Waals surface area (Å²) in [5, 5.41) is 35.8. The van der Waals surface area contributed by atoms with Crippen LogP contribution < -0.4 is 9.47 Å². The Labute approximate surface area is 350 Å². The molecule has 2 N–H and O–H groups in total. The third-order valence-corrected chi connectivity index (χ3v) is 12.3. The standard InChI is InChI=1S/C45H55N3O10S/c1-5-25-55-45-41(47(3)44(51)54-6-2)28-39(46-56-29-30-13-15-32(16-14-30)48(52)53)37-26-31(11-7-9-23-49)36(12-8-10-24-50)42(43(37)45)38-27-34(19-22-40(38)58-45)57-33-17-20-35(59-4)21-18-33/h5,13-22,26-27,31,36,41-43,49-50H,1,6-12,23-25,28-29H2,2-4H3/t31-,36+,41-,42+,43+,45+/m0/s1.